The minimum atomic E-state index is -0.114. The molecule has 0 radical (unpaired) electrons. The van der Waals surface area contributed by atoms with Crippen molar-refractivity contribution < 1.29 is 4.84 Å². The number of hydrogen-bond donors (Lipinski definition) is 1. The minimum absolute atomic E-state index is 0.00451. The van der Waals surface area contributed by atoms with Gasteiger partial charge in [-0.25, -0.2) is 14.5 Å². The van der Waals surface area contributed by atoms with Crippen LogP contribution in [0.25, 0.3) is 15.9 Å². The minimum Gasteiger partial charge on any atom is -0.387 e. The summed E-state index contributed by atoms with van der Waals surface area (Å²) >= 11 is 1.74. The van der Waals surface area contributed by atoms with Gasteiger partial charge in [0.1, 0.15) is 11.2 Å². The van der Waals surface area contributed by atoms with Gasteiger partial charge in [0.15, 0.2) is 18.1 Å². The van der Waals surface area contributed by atoms with Crippen LogP contribution in [0.15, 0.2) is 41.8 Å². The summed E-state index contributed by atoms with van der Waals surface area (Å²) in [5, 5.41) is 13.4. The fraction of sp³-hybridized carbons (Fsp3) is 0.364. The standard InChI is InChI=1S/C22H24N6OS/c1-21(2)10-15-17-19-25-16(12-29-24-11-14-8-6-5-7-9-14)26-28(19)13-23-20(17)30-18(15)22(3,4)27-21/h5-9,11,13,27H,10,12H2,1-4H3/b24-11+. The number of rotatable bonds is 4. The van der Waals surface area contributed by atoms with Gasteiger partial charge in [-0.2, -0.15) is 0 Å². The zero-order chi connectivity index (χ0) is 20.9. The number of hydrogen-bond acceptors (Lipinski definition) is 7. The molecule has 0 unspecified atom stereocenters. The Balaban J connectivity index is 1.48. The van der Waals surface area contributed by atoms with E-state index in [9.17, 15) is 0 Å². The molecule has 0 aliphatic carbocycles. The molecule has 8 heteroatoms. The van der Waals surface area contributed by atoms with Crippen LogP contribution in [0, 0.1) is 0 Å². The fourth-order valence-corrected chi connectivity index (χ4v) is 5.57. The number of thiophene rings is 1. The van der Waals surface area contributed by atoms with Crippen molar-refractivity contribution in [3.63, 3.8) is 0 Å². The molecule has 4 aromatic rings. The molecule has 30 heavy (non-hydrogen) atoms. The van der Waals surface area contributed by atoms with Crippen LogP contribution in [0.4, 0.5) is 0 Å². The summed E-state index contributed by atoms with van der Waals surface area (Å²) in [7, 11) is 0. The Morgan fingerprint density at radius 1 is 1.23 bits per heavy atom. The molecule has 1 aromatic carbocycles. The normalized spacial score (nSPS) is 17.6. The maximum Gasteiger partial charge on any atom is 0.192 e. The third-order valence-electron chi connectivity index (χ3n) is 5.28. The first-order valence-electron chi connectivity index (χ1n) is 9.98. The van der Waals surface area contributed by atoms with E-state index >= 15 is 0 Å². The number of fused-ring (bicyclic) bond motifs is 5. The molecule has 0 saturated carbocycles. The molecule has 0 amide bonds. The van der Waals surface area contributed by atoms with Gasteiger partial charge >= 0.3 is 0 Å². The van der Waals surface area contributed by atoms with Crippen LogP contribution in [-0.4, -0.2) is 31.3 Å². The lowest BCUT2D eigenvalue weighted by Gasteiger charge is -2.42. The molecule has 154 valence electrons. The zero-order valence-corrected chi connectivity index (χ0v) is 18.3. The second kappa shape index (κ2) is 6.85. The average molecular weight is 421 g/mol. The summed E-state index contributed by atoms with van der Waals surface area (Å²) in [6.07, 6.45) is 4.34. The van der Waals surface area contributed by atoms with Crippen LogP contribution in [0.2, 0.25) is 0 Å². The van der Waals surface area contributed by atoms with E-state index in [0.29, 0.717) is 5.82 Å². The monoisotopic (exact) mass is 420 g/mol. The van der Waals surface area contributed by atoms with Crippen molar-refractivity contribution in [2.75, 3.05) is 0 Å². The molecule has 3 aromatic heterocycles. The molecule has 5 rings (SSSR count). The Labute approximate surface area is 178 Å². The Morgan fingerprint density at radius 3 is 2.83 bits per heavy atom. The van der Waals surface area contributed by atoms with Crippen molar-refractivity contribution in [1.29, 1.82) is 0 Å². The number of nitrogens with zero attached hydrogens (tertiary/aromatic N) is 5. The van der Waals surface area contributed by atoms with Crippen LogP contribution < -0.4 is 5.32 Å². The number of oxime groups is 1. The lowest BCUT2D eigenvalue weighted by molar-refractivity contribution is 0.126. The SMILES string of the molecule is CC1(C)Cc2c(sc3ncn4nc(CO/N=C/c5ccccc5)nc4c23)C(C)(C)N1. The van der Waals surface area contributed by atoms with Crippen molar-refractivity contribution in [2.24, 2.45) is 5.16 Å². The highest BCUT2D eigenvalue weighted by molar-refractivity contribution is 7.19. The summed E-state index contributed by atoms with van der Waals surface area (Å²) in [6, 6.07) is 9.83. The molecule has 0 bridgehead atoms. The summed E-state index contributed by atoms with van der Waals surface area (Å²) in [5.41, 5.74) is 3.02. The van der Waals surface area contributed by atoms with Crippen molar-refractivity contribution in [3.05, 3.63) is 58.5 Å². The van der Waals surface area contributed by atoms with E-state index in [-0.39, 0.29) is 17.7 Å². The summed E-state index contributed by atoms with van der Waals surface area (Å²) in [5.74, 6) is 0.585. The second-order valence-electron chi connectivity index (χ2n) is 8.86. The van der Waals surface area contributed by atoms with Crippen molar-refractivity contribution >= 4 is 33.4 Å². The Kier molecular flexibility index (Phi) is 4.37. The van der Waals surface area contributed by atoms with Gasteiger partial charge in [-0.3, -0.25) is 0 Å². The van der Waals surface area contributed by atoms with Crippen LogP contribution in [0.5, 0.6) is 0 Å². The molecule has 7 nitrogen and oxygen atoms in total. The number of nitrogens with one attached hydrogen (secondary N) is 1. The van der Waals surface area contributed by atoms with E-state index in [1.807, 2.05) is 30.3 Å². The van der Waals surface area contributed by atoms with Gasteiger partial charge < -0.3 is 10.2 Å². The Morgan fingerprint density at radius 2 is 2.03 bits per heavy atom. The van der Waals surface area contributed by atoms with Gasteiger partial charge in [0.2, 0.25) is 0 Å². The second-order valence-corrected chi connectivity index (χ2v) is 9.86. The van der Waals surface area contributed by atoms with Crippen LogP contribution in [0.1, 0.15) is 49.5 Å². The van der Waals surface area contributed by atoms with Gasteiger partial charge in [0, 0.05) is 16.0 Å². The molecule has 0 saturated heterocycles. The maximum absolute atomic E-state index is 5.43. The van der Waals surface area contributed by atoms with Crippen molar-refractivity contribution in [3.8, 4) is 0 Å². The van der Waals surface area contributed by atoms with Crippen molar-refractivity contribution in [2.45, 2.75) is 51.8 Å². The van der Waals surface area contributed by atoms with Gasteiger partial charge in [0.05, 0.1) is 11.6 Å². The Hall–Kier alpha value is -2.84. The lowest BCUT2D eigenvalue weighted by Crippen LogP contribution is -2.54. The van der Waals surface area contributed by atoms with E-state index < -0.39 is 0 Å². The predicted octanol–water partition coefficient (Wildman–Crippen LogP) is 4.05. The molecule has 4 heterocycles. The highest BCUT2D eigenvalue weighted by Crippen LogP contribution is 2.44. The number of aromatic nitrogens is 4. The number of benzene rings is 1. The van der Waals surface area contributed by atoms with Crippen LogP contribution >= 0.6 is 11.3 Å². The predicted molar refractivity (Wildman–Crippen MR) is 119 cm³/mol. The molecular weight excluding hydrogens is 396 g/mol. The van der Waals surface area contributed by atoms with E-state index in [0.717, 1.165) is 27.8 Å². The summed E-state index contributed by atoms with van der Waals surface area (Å²) < 4.78 is 1.75. The van der Waals surface area contributed by atoms with Gasteiger partial charge in [-0.05, 0) is 45.2 Å². The molecule has 1 N–H and O–H groups in total. The van der Waals surface area contributed by atoms with Gasteiger partial charge in [-0.1, -0.05) is 35.5 Å². The van der Waals surface area contributed by atoms with Gasteiger partial charge in [0.25, 0.3) is 0 Å². The first-order valence-corrected chi connectivity index (χ1v) is 10.8. The summed E-state index contributed by atoms with van der Waals surface area (Å²) in [6.45, 7) is 9.14. The van der Waals surface area contributed by atoms with Crippen molar-refractivity contribution in [1.82, 2.24) is 24.9 Å². The first kappa shape index (κ1) is 19.1. The Bertz CT molecular complexity index is 1260. The lowest BCUT2D eigenvalue weighted by atomic mass is 9.82. The third kappa shape index (κ3) is 3.36. The van der Waals surface area contributed by atoms with E-state index in [4.69, 9.17) is 9.82 Å². The van der Waals surface area contributed by atoms with Gasteiger partial charge in [-0.15, -0.1) is 16.4 Å². The highest BCUT2D eigenvalue weighted by Gasteiger charge is 2.39. The molecule has 0 fully saturated rings. The largest absolute Gasteiger partial charge is 0.387 e. The molecular formula is C22H24N6OS. The molecule has 0 spiro atoms. The smallest absolute Gasteiger partial charge is 0.192 e. The summed E-state index contributed by atoms with van der Waals surface area (Å²) in [4.78, 5) is 17.2. The average Bonchev–Trinajstić information content (AvgIpc) is 3.26. The zero-order valence-electron chi connectivity index (χ0n) is 17.5. The van der Waals surface area contributed by atoms with E-state index in [1.54, 1.807) is 28.4 Å². The molecule has 1 aliphatic heterocycles. The molecule has 1 aliphatic rings. The first-order chi connectivity index (χ1) is 14.3. The topological polar surface area (TPSA) is 76.7 Å². The van der Waals surface area contributed by atoms with E-state index in [2.05, 4.69) is 48.3 Å². The maximum atomic E-state index is 5.43. The van der Waals surface area contributed by atoms with E-state index in [1.165, 1.54) is 10.4 Å². The van der Waals surface area contributed by atoms with Crippen LogP contribution in [0.3, 0.4) is 0 Å². The third-order valence-corrected chi connectivity index (χ3v) is 6.74. The van der Waals surface area contributed by atoms with Crippen LogP contribution in [-0.2, 0) is 23.4 Å². The fourth-order valence-electron chi connectivity index (χ4n) is 4.35. The highest BCUT2D eigenvalue weighted by atomic mass is 32.1. The molecule has 0 atom stereocenters. The quantitative estimate of drug-likeness (QED) is 0.398.